The van der Waals surface area contributed by atoms with Crippen molar-refractivity contribution in [1.82, 2.24) is 15.1 Å². The molecule has 0 aliphatic carbocycles. The van der Waals surface area contributed by atoms with Gasteiger partial charge in [-0.2, -0.15) is 5.26 Å². The second-order valence-corrected chi connectivity index (χ2v) is 6.87. The molecular weight excluding hydrogens is 360 g/mol. The van der Waals surface area contributed by atoms with E-state index in [0.717, 1.165) is 0 Å². The Hall–Kier alpha value is -2.79. The van der Waals surface area contributed by atoms with Crippen LogP contribution in [0, 0.1) is 11.3 Å². The van der Waals surface area contributed by atoms with Crippen LogP contribution < -0.4 is 14.8 Å². The number of carbonyl (C=O) groups is 2. The van der Waals surface area contributed by atoms with E-state index in [2.05, 4.69) is 11.4 Å². The van der Waals surface area contributed by atoms with Crippen LogP contribution in [0.2, 0.25) is 0 Å². The summed E-state index contributed by atoms with van der Waals surface area (Å²) in [5, 5.41) is 11.9. The molecule has 1 aliphatic rings. The summed E-state index contributed by atoms with van der Waals surface area (Å²) in [4.78, 5) is 28.1. The van der Waals surface area contributed by atoms with E-state index >= 15 is 0 Å². The van der Waals surface area contributed by atoms with E-state index in [-0.39, 0.29) is 24.5 Å². The van der Waals surface area contributed by atoms with Crippen LogP contribution in [0.3, 0.4) is 0 Å². The third-order valence-corrected chi connectivity index (χ3v) is 4.27. The van der Waals surface area contributed by atoms with Gasteiger partial charge in [0.1, 0.15) is 0 Å². The molecule has 2 amide bonds. The van der Waals surface area contributed by atoms with Gasteiger partial charge in [0.25, 0.3) is 5.91 Å². The quantitative estimate of drug-likeness (QED) is 0.714. The third kappa shape index (κ3) is 6.43. The van der Waals surface area contributed by atoms with Crippen molar-refractivity contribution in [3.05, 3.63) is 23.8 Å². The van der Waals surface area contributed by atoms with Gasteiger partial charge in [-0.15, -0.1) is 0 Å². The molecule has 0 atom stereocenters. The molecule has 152 valence electrons. The molecule has 1 aromatic carbocycles. The second-order valence-electron chi connectivity index (χ2n) is 6.87. The van der Waals surface area contributed by atoms with Gasteiger partial charge in [0, 0.05) is 38.3 Å². The third-order valence-electron chi connectivity index (χ3n) is 4.27. The summed E-state index contributed by atoms with van der Waals surface area (Å²) in [7, 11) is 0. The number of nitriles is 1. The van der Waals surface area contributed by atoms with Crippen LogP contribution in [-0.4, -0.2) is 73.6 Å². The number of nitrogens with one attached hydrogen (secondary N) is 1. The van der Waals surface area contributed by atoms with Crippen molar-refractivity contribution in [3.63, 3.8) is 0 Å². The van der Waals surface area contributed by atoms with Gasteiger partial charge in [0.2, 0.25) is 5.91 Å². The van der Waals surface area contributed by atoms with Crippen LogP contribution in [0.4, 0.5) is 0 Å². The first kappa shape index (κ1) is 21.5. The molecular formula is C20H28N4O4. The molecule has 1 heterocycles. The predicted molar refractivity (Wildman–Crippen MR) is 104 cm³/mol. The monoisotopic (exact) mass is 388 g/mol. The smallest absolute Gasteiger partial charge is 0.260 e. The number of rotatable bonds is 8. The lowest BCUT2D eigenvalue weighted by atomic mass is 10.2. The second kappa shape index (κ2) is 10.5. The molecule has 1 aromatic rings. The van der Waals surface area contributed by atoms with E-state index in [1.807, 2.05) is 25.7 Å². The van der Waals surface area contributed by atoms with Crippen molar-refractivity contribution in [2.24, 2.45) is 0 Å². The van der Waals surface area contributed by atoms with Crippen LogP contribution in [0.1, 0.15) is 26.3 Å². The van der Waals surface area contributed by atoms with Crippen LogP contribution in [0.15, 0.2) is 18.2 Å². The summed E-state index contributed by atoms with van der Waals surface area (Å²) in [6, 6.07) is 7.05. The lowest BCUT2D eigenvalue weighted by molar-refractivity contribution is -0.135. The number of hydrogen-bond donors (Lipinski definition) is 1. The first-order chi connectivity index (χ1) is 13.4. The van der Waals surface area contributed by atoms with Crippen LogP contribution in [0.5, 0.6) is 11.5 Å². The number of hydrogen-bond acceptors (Lipinski definition) is 6. The summed E-state index contributed by atoms with van der Waals surface area (Å²) < 4.78 is 11.1. The standard InChI is InChI=1S/C20H28N4O4/c1-4-27-18-11-16(12-21)5-6-17(18)28-14-20(26)24-9-7-23(8-10-24)13-19(25)22-15(2)3/h5-6,11,15H,4,7-10,13-14H2,1-3H3,(H,22,25). The largest absolute Gasteiger partial charge is 0.490 e. The van der Waals surface area contributed by atoms with Gasteiger partial charge in [-0.25, -0.2) is 0 Å². The fraction of sp³-hybridized carbons (Fsp3) is 0.550. The molecule has 0 spiro atoms. The Morgan fingerprint density at radius 2 is 1.89 bits per heavy atom. The fourth-order valence-electron chi connectivity index (χ4n) is 2.92. The Balaban J connectivity index is 1.82. The molecule has 0 unspecified atom stereocenters. The highest BCUT2D eigenvalue weighted by atomic mass is 16.5. The zero-order valence-corrected chi connectivity index (χ0v) is 16.7. The summed E-state index contributed by atoms with van der Waals surface area (Å²) in [5.74, 6) is 0.786. The van der Waals surface area contributed by atoms with Gasteiger partial charge in [-0.1, -0.05) is 0 Å². The normalized spacial score (nSPS) is 14.5. The Morgan fingerprint density at radius 3 is 2.50 bits per heavy atom. The van der Waals surface area contributed by atoms with Gasteiger partial charge >= 0.3 is 0 Å². The Kier molecular flexibility index (Phi) is 8.08. The van der Waals surface area contributed by atoms with Gasteiger partial charge in [-0.05, 0) is 32.9 Å². The van der Waals surface area contributed by atoms with Gasteiger partial charge in [0.05, 0.1) is 24.8 Å². The number of amides is 2. The number of carbonyl (C=O) groups excluding carboxylic acids is 2. The van der Waals surface area contributed by atoms with Crippen LogP contribution in [-0.2, 0) is 9.59 Å². The summed E-state index contributed by atoms with van der Waals surface area (Å²) in [6.45, 7) is 8.81. The molecule has 0 saturated carbocycles. The molecule has 1 aliphatic heterocycles. The van der Waals surface area contributed by atoms with Crippen molar-refractivity contribution in [2.45, 2.75) is 26.8 Å². The van der Waals surface area contributed by atoms with Crippen LogP contribution >= 0.6 is 0 Å². The summed E-state index contributed by atoms with van der Waals surface area (Å²) >= 11 is 0. The zero-order chi connectivity index (χ0) is 20.5. The van der Waals surface area contributed by atoms with Crippen molar-refractivity contribution < 1.29 is 19.1 Å². The fourth-order valence-corrected chi connectivity index (χ4v) is 2.92. The molecule has 0 radical (unpaired) electrons. The molecule has 8 nitrogen and oxygen atoms in total. The summed E-state index contributed by atoms with van der Waals surface area (Å²) in [6.07, 6.45) is 0. The van der Waals surface area contributed by atoms with E-state index in [1.165, 1.54) is 0 Å². The minimum absolute atomic E-state index is 0.00220. The van der Waals surface area contributed by atoms with Crippen molar-refractivity contribution in [3.8, 4) is 17.6 Å². The van der Waals surface area contributed by atoms with E-state index in [4.69, 9.17) is 14.7 Å². The average molecular weight is 388 g/mol. The Labute approximate surface area is 166 Å². The van der Waals surface area contributed by atoms with E-state index in [9.17, 15) is 9.59 Å². The molecule has 8 heteroatoms. The number of ether oxygens (including phenoxy) is 2. The number of nitrogens with zero attached hydrogens (tertiary/aromatic N) is 3. The van der Waals surface area contributed by atoms with Gasteiger partial charge in [-0.3, -0.25) is 14.5 Å². The molecule has 1 saturated heterocycles. The highest BCUT2D eigenvalue weighted by molar-refractivity contribution is 5.79. The lowest BCUT2D eigenvalue weighted by Gasteiger charge is -2.34. The molecule has 28 heavy (non-hydrogen) atoms. The first-order valence-corrected chi connectivity index (χ1v) is 9.52. The maximum absolute atomic E-state index is 12.4. The number of piperazine rings is 1. The maximum Gasteiger partial charge on any atom is 0.260 e. The van der Waals surface area contributed by atoms with Gasteiger partial charge in [0.15, 0.2) is 18.1 Å². The molecule has 0 bridgehead atoms. The predicted octanol–water partition coefficient (Wildman–Crippen LogP) is 1.00. The Bertz CT molecular complexity index is 721. The van der Waals surface area contributed by atoms with E-state index < -0.39 is 0 Å². The number of benzene rings is 1. The summed E-state index contributed by atoms with van der Waals surface area (Å²) in [5.41, 5.74) is 0.472. The van der Waals surface area contributed by atoms with Crippen molar-refractivity contribution in [1.29, 1.82) is 5.26 Å². The Morgan fingerprint density at radius 1 is 1.18 bits per heavy atom. The van der Waals surface area contributed by atoms with Crippen molar-refractivity contribution >= 4 is 11.8 Å². The topological polar surface area (TPSA) is 94.9 Å². The lowest BCUT2D eigenvalue weighted by Crippen LogP contribution is -2.52. The highest BCUT2D eigenvalue weighted by Gasteiger charge is 2.23. The molecule has 0 aromatic heterocycles. The molecule has 1 fully saturated rings. The molecule has 1 N–H and O–H groups in total. The van der Waals surface area contributed by atoms with Crippen molar-refractivity contribution in [2.75, 3.05) is 45.9 Å². The maximum atomic E-state index is 12.4. The molecule has 2 rings (SSSR count). The van der Waals surface area contributed by atoms with E-state index in [0.29, 0.717) is 56.4 Å². The zero-order valence-electron chi connectivity index (χ0n) is 16.7. The minimum Gasteiger partial charge on any atom is -0.490 e. The first-order valence-electron chi connectivity index (χ1n) is 9.52. The SMILES string of the molecule is CCOc1cc(C#N)ccc1OCC(=O)N1CCN(CC(=O)NC(C)C)CC1. The average Bonchev–Trinajstić information content (AvgIpc) is 2.66. The van der Waals surface area contributed by atoms with Gasteiger partial charge < -0.3 is 19.7 Å². The highest BCUT2D eigenvalue weighted by Crippen LogP contribution is 2.28. The minimum atomic E-state index is -0.113. The van der Waals surface area contributed by atoms with E-state index in [1.54, 1.807) is 23.1 Å². The van der Waals surface area contributed by atoms with Crippen LogP contribution in [0.25, 0.3) is 0 Å².